The molecule has 0 saturated carbocycles. The number of nitro groups is 1. The molecule has 0 bridgehead atoms. The molecule has 7 heteroatoms. The highest BCUT2D eigenvalue weighted by molar-refractivity contribution is 6.34. The quantitative estimate of drug-likeness (QED) is 0.552. The van der Waals surface area contributed by atoms with Gasteiger partial charge >= 0.3 is 0 Å². The van der Waals surface area contributed by atoms with Crippen molar-refractivity contribution in [3.8, 4) is 0 Å². The molecular formula is C21H17ClN2O4. The molecule has 4 rings (SSSR count). The van der Waals surface area contributed by atoms with Crippen LogP contribution >= 0.6 is 11.6 Å². The van der Waals surface area contributed by atoms with Crippen LogP contribution in [-0.2, 0) is 9.59 Å². The molecule has 28 heavy (non-hydrogen) atoms. The fourth-order valence-electron chi connectivity index (χ4n) is 4.03. The van der Waals surface area contributed by atoms with Crippen LogP contribution in [0, 0.1) is 10.1 Å². The van der Waals surface area contributed by atoms with E-state index in [1.54, 1.807) is 0 Å². The first kappa shape index (κ1) is 18.4. The molecule has 0 spiro atoms. The van der Waals surface area contributed by atoms with Gasteiger partial charge in [0.2, 0.25) is 5.91 Å². The molecule has 0 N–H and O–H groups in total. The van der Waals surface area contributed by atoms with Gasteiger partial charge in [0.1, 0.15) is 0 Å². The Labute approximate surface area is 166 Å². The van der Waals surface area contributed by atoms with Crippen LogP contribution in [0.2, 0.25) is 5.02 Å². The minimum absolute atomic E-state index is 0.0469. The van der Waals surface area contributed by atoms with Gasteiger partial charge in [0, 0.05) is 42.2 Å². The summed E-state index contributed by atoms with van der Waals surface area (Å²) in [6.07, 6.45) is 1.86. The lowest BCUT2D eigenvalue weighted by Gasteiger charge is -2.38. The van der Waals surface area contributed by atoms with Crippen molar-refractivity contribution < 1.29 is 14.5 Å². The van der Waals surface area contributed by atoms with Gasteiger partial charge in [-0.3, -0.25) is 24.6 Å². The Bertz CT molecular complexity index is 1020. The van der Waals surface area contributed by atoms with Gasteiger partial charge in [-0.15, -0.1) is 0 Å². The first-order valence-electron chi connectivity index (χ1n) is 9.05. The summed E-state index contributed by atoms with van der Waals surface area (Å²) >= 11 is 6.29. The van der Waals surface area contributed by atoms with Gasteiger partial charge in [-0.1, -0.05) is 41.9 Å². The molecule has 1 amide bonds. The third kappa shape index (κ3) is 3.10. The number of hydrogen-bond acceptors (Lipinski definition) is 4. The Hall–Kier alpha value is -2.99. The van der Waals surface area contributed by atoms with Crippen LogP contribution in [0.1, 0.15) is 37.2 Å². The Morgan fingerprint density at radius 3 is 2.50 bits per heavy atom. The number of rotatable bonds is 3. The predicted molar refractivity (Wildman–Crippen MR) is 105 cm³/mol. The maximum Gasteiger partial charge on any atom is 0.271 e. The lowest BCUT2D eigenvalue weighted by atomic mass is 9.77. The van der Waals surface area contributed by atoms with E-state index in [1.165, 1.54) is 23.1 Å². The van der Waals surface area contributed by atoms with E-state index in [-0.39, 0.29) is 34.7 Å². The summed E-state index contributed by atoms with van der Waals surface area (Å²) in [5, 5.41) is 11.1. The number of hydrogen-bond donors (Lipinski definition) is 0. The van der Waals surface area contributed by atoms with E-state index >= 15 is 0 Å². The van der Waals surface area contributed by atoms with Crippen LogP contribution < -0.4 is 4.90 Å². The maximum absolute atomic E-state index is 13.1. The number of anilines is 1. The third-order valence-electron chi connectivity index (χ3n) is 5.26. The van der Waals surface area contributed by atoms with Crippen molar-refractivity contribution in [2.45, 2.75) is 31.6 Å². The van der Waals surface area contributed by atoms with Crippen LogP contribution in [0.3, 0.4) is 0 Å². The van der Waals surface area contributed by atoms with Crippen LogP contribution in [0.4, 0.5) is 11.4 Å². The molecule has 0 saturated heterocycles. The standard InChI is InChI=1S/C21H17ClN2O4/c22-16-11-14(24(27)28)9-10-17(16)23-18-7-4-8-19(25)21(18)15(12-20(23)26)13-5-2-1-3-6-13/h1-3,5-6,9-11,15H,4,7-8,12H2. The number of nitrogens with zero attached hydrogens (tertiary/aromatic N) is 2. The molecule has 2 aromatic rings. The van der Waals surface area contributed by atoms with Gasteiger partial charge < -0.3 is 0 Å². The summed E-state index contributed by atoms with van der Waals surface area (Å²) < 4.78 is 0. The minimum Gasteiger partial charge on any atom is -0.294 e. The summed E-state index contributed by atoms with van der Waals surface area (Å²) in [5.41, 5.74) is 2.50. The molecule has 6 nitrogen and oxygen atoms in total. The van der Waals surface area contributed by atoms with Crippen LogP contribution in [0.25, 0.3) is 0 Å². The monoisotopic (exact) mass is 396 g/mol. The number of carbonyl (C=O) groups is 2. The zero-order valence-corrected chi connectivity index (χ0v) is 15.7. The summed E-state index contributed by atoms with van der Waals surface area (Å²) in [4.78, 5) is 37.8. The van der Waals surface area contributed by atoms with Crippen LogP contribution in [0.15, 0.2) is 59.8 Å². The van der Waals surface area contributed by atoms with E-state index in [4.69, 9.17) is 11.6 Å². The average molecular weight is 397 g/mol. The van der Waals surface area contributed by atoms with Crippen LogP contribution in [-0.4, -0.2) is 16.6 Å². The highest BCUT2D eigenvalue weighted by Gasteiger charge is 2.40. The second-order valence-corrected chi connectivity index (χ2v) is 7.33. The lowest BCUT2D eigenvalue weighted by molar-refractivity contribution is -0.384. The highest BCUT2D eigenvalue weighted by Crippen LogP contribution is 2.45. The normalized spacial score (nSPS) is 19.6. The Morgan fingerprint density at radius 2 is 1.82 bits per heavy atom. The molecule has 1 aliphatic heterocycles. The summed E-state index contributed by atoms with van der Waals surface area (Å²) in [6.45, 7) is 0. The number of amides is 1. The summed E-state index contributed by atoms with van der Waals surface area (Å²) in [5.74, 6) is -0.395. The molecule has 1 aliphatic carbocycles. The van der Waals surface area contributed by atoms with Crippen molar-refractivity contribution in [1.82, 2.24) is 0 Å². The van der Waals surface area contributed by atoms with Gasteiger partial charge in [-0.05, 0) is 24.5 Å². The SMILES string of the molecule is O=C1CCCC2=C1C(c1ccccc1)CC(=O)N2c1ccc([N+](=O)[O-])cc1Cl. The number of Topliss-reactive ketones (excluding diaryl/α,β-unsaturated/α-hetero) is 1. The number of nitro benzene ring substituents is 1. The number of ketones is 1. The van der Waals surface area contributed by atoms with Crippen molar-refractivity contribution in [3.05, 3.63) is 80.5 Å². The topological polar surface area (TPSA) is 80.5 Å². The largest absolute Gasteiger partial charge is 0.294 e. The molecule has 0 aromatic heterocycles. The fraction of sp³-hybridized carbons (Fsp3) is 0.238. The number of allylic oxidation sites excluding steroid dienone is 2. The van der Waals surface area contributed by atoms with Gasteiger partial charge in [0.25, 0.3) is 5.69 Å². The molecule has 0 fully saturated rings. The average Bonchev–Trinajstić information content (AvgIpc) is 2.68. The van der Waals surface area contributed by atoms with Crippen molar-refractivity contribution in [2.24, 2.45) is 0 Å². The van der Waals surface area contributed by atoms with E-state index < -0.39 is 4.92 Å². The van der Waals surface area contributed by atoms with Gasteiger partial charge in [-0.2, -0.15) is 0 Å². The molecule has 2 aromatic carbocycles. The minimum atomic E-state index is -0.534. The number of halogens is 1. The first-order valence-corrected chi connectivity index (χ1v) is 9.43. The Morgan fingerprint density at radius 1 is 1.07 bits per heavy atom. The zero-order chi connectivity index (χ0) is 19.8. The number of non-ortho nitro benzene ring substituents is 1. The molecule has 1 heterocycles. The van der Waals surface area contributed by atoms with Crippen molar-refractivity contribution in [2.75, 3.05) is 4.90 Å². The van der Waals surface area contributed by atoms with Crippen molar-refractivity contribution in [1.29, 1.82) is 0 Å². The van der Waals surface area contributed by atoms with Gasteiger partial charge in [0.05, 0.1) is 15.6 Å². The van der Waals surface area contributed by atoms with E-state index in [0.717, 1.165) is 5.56 Å². The molecule has 0 radical (unpaired) electrons. The molecular weight excluding hydrogens is 380 g/mol. The van der Waals surface area contributed by atoms with Crippen molar-refractivity contribution in [3.63, 3.8) is 0 Å². The molecule has 1 atom stereocenters. The van der Waals surface area contributed by atoms with Gasteiger partial charge in [0.15, 0.2) is 5.78 Å². The maximum atomic E-state index is 13.1. The van der Waals surface area contributed by atoms with Gasteiger partial charge in [-0.25, -0.2) is 0 Å². The van der Waals surface area contributed by atoms with E-state index in [9.17, 15) is 19.7 Å². The smallest absolute Gasteiger partial charge is 0.271 e. The molecule has 2 aliphatic rings. The fourth-order valence-corrected chi connectivity index (χ4v) is 4.29. The van der Waals surface area contributed by atoms with Crippen molar-refractivity contribution >= 4 is 34.7 Å². The predicted octanol–water partition coefficient (Wildman–Crippen LogP) is 4.78. The highest BCUT2D eigenvalue weighted by atomic mass is 35.5. The summed E-state index contributed by atoms with van der Waals surface area (Å²) in [7, 11) is 0. The lowest BCUT2D eigenvalue weighted by Crippen LogP contribution is -2.40. The Balaban J connectivity index is 1.85. The van der Waals surface area contributed by atoms with E-state index in [0.29, 0.717) is 36.2 Å². The van der Waals surface area contributed by atoms with E-state index in [2.05, 4.69) is 0 Å². The third-order valence-corrected chi connectivity index (χ3v) is 5.56. The molecule has 142 valence electrons. The number of benzene rings is 2. The summed E-state index contributed by atoms with van der Waals surface area (Å²) in [6, 6.07) is 13.6. The van der Waals surface area contributed by atoms with Crippen LogP contribution in [0.5, 0.6) is 0 Å². The van der Waals surface area contributed by atoms with E-state index in [1.807, 2.05) is 30.3 Å². The second-order valence-electron chi connectivity index (χ2n) is 6.93. The molecule has 1 unspecified atom stereocenters. The number of carbonyl (C=O) groups excluding carboxylic acids is 2. The Kier molecular flexibility index (Phi) is 4.73. The zero-order valence-electron chi connectivity index (χ0n) is 14.9. The second kappa shape index (κ2) is 7.20. The first-order chi connectivity index (χ1) is 13.5.